The summed E-state index contributed by atoms with van der Waals surface area (Å²) in [6.45, 7) is 2.03. The predicted octanol–water partition coefficient (Wildman–Crippen LogP) is 1.90. The van der Waals surface area contributed by atoms with Crippen LogP contribution in [0.2, 0.25) is 0 Å². The second-order valence-electron chi connectivity index (χ2n) is 4.91. The molecule has 0 spiro atoms. The van der Waals surface area contributed by atoms with Crippen LogP contribution >= 0.6 is 0 Å². The number of para-hydroxylation sites is 1. The molecule has 2 aromatic rings. The van der Waals surface area contributed by atoms with Gasteiger partial charge in [0.15, 0.2) is 0 Å². The van der Waals surface area contributed by atoms with Crippen LogP contribution in [0.25, 0.3) is 10.9 Å². The van der Waals surface area contributed by atoms with Crippen LogP contribution in [0.4, 0.5) is 5.82 Å². The molecular weight excluding hydrogens is 236 g/mol. The van der Waals surface area contributed by atoms with Gasteiger partial charge in [0, 0.05) is 25.0 Å². The molecule has 1 fully saturated rings. The van der Waals surface area contributed by atoms with Crippen molar-refractivity contribution in [2.75, 3.05) is 25.0 Å². The molecule has 1 N–H and O–H groups in total. The number of hydrogen-bond donors (Lipinski definition) is 1. The molecule has 1 saturated heterocycles. The summed E-state index contributed by atoms with van der Waals surface area (Å²) >= 11 is 0. The first-order valence-corrected chi connectivity index (χ1v) is 6.53. The minimum Gasteiger partial charge on any atom is -0.355 e. The summed E-state index contributed by atoms with van der Waals surface area (Å²) in [5.74, 6) is 0.879. The number of nitrogens with one attached hydrogen (secondary N) is 1. The minimum absolute atomic E-state index is 0.459. The van der Waals surface area contributed by atoms with E-state index in [1.54, 1.807) is 0 Å². The Bertz CT molecular complexity index is 638. The average Bonchev–Trinajstić information content (AvgIpc) is 2.99. The normalized spacial score (nSPS) is 18.4. The predicted molar refractivity (Wildman–Crippen MR) is 76.1 cm³/mol. The van der Waals surface area contributed by atoms with E-state index in [0.29, 0.717) is 11.6 Å². The van der Waals surface area contributed by atoms with E-state index in [2.05, 4.69) is 28.3 Å². The first-order valence-electron chi connectivity index (χ1n) is 6.53. The molecule has 19 heavy (non-hydrogen) atoms. The van der Waals surface area contributed by atoms with E-state index in [1.165, 1.54) is 0 Å². The van der Waals surface area contributed by atoms with E-state index in [-0.39, 0.29) is 0 Å². The maximum Gasteiger partial charge on any atom is 0.130 e. The Labute approximate surface area is 112 Å². The third-order valence-electron chi connectivity index (χ3n) is 3.77. The lowest BCUT2D eigenvalue weighted by molar-refractivity contribution is 0.679. The van der Waals surface area contributed by atoms with Gasteiger partial charge in [-0.05, 0) is 25.1 Å². The summed E-state index contributed by atoms with van der Waals surface area (Å²) in [5.41, 5.74) is 1.58. The summed E-state index contributed by atoms with van der Waals surface area (Å²) in [6.07, 6.45) is 1.12. The van der Waals surface area contributed by atoms with Crippen LogP contribution in [0.3, 0.4) is 0 Å². The summed E-state index contributed by atoms with van der Waals surface area (Å²) < 4.78 is 0. The molecule has 1 aliphatic rings. The number of likely N-dealkylation sites (N-methyl/N-ethyl adjacent to an activating group) is 1. The number of anilines is 1. The number of rotatable bonds is 2. The van der Waals surface area contributed by atoms with Crippen LogP contribution in [0.1, 0.15) is 12.0 Å². The highest BCUT2D eigenvalue weighted by atomic mass is 15.2. The van der Waals surface area contributed by atoms with Crippen molar-refractivity contribution in [3.8, 4) is 6.07 Å². The fraction of sp³-hybridized carbons (Fsp3) is 0.333. The van der Waals surface area contributed by atoms with Crippen molar-refractivity contribution in [3.63, 3.8) is 0 Å². The average molecular weight is 252 g/mol. The van der Waals surface area contributed by atoms with Crippen LogP contribution in [-0.2, 0) is 0 Å². The maximum atomic E-state index is 9.30. The number of pyridine rings is 1. The van der Waals surface area contributed by atoms with E-state index in [4.69, 9.17) is 0 Å². The molecule has 0 aliphatic carbocycles. The van der Waals surface area contributed by atoms with E-state index in [9.17, 15) is 5.26 Å². The van der Waals surface area contributed by atoms with Gasteiger partial charge >= 0.3 is 0 Å². The molecule has 96 valence electrons. The van der Waals surface area contributed by atoms with Crippen molar-refractivity contribution >= 4 is 16.7 Å². The summed E-state index contributed by atoms with van der Waals surface area (Å²) in [7, 11) is 2.05. The molecule has 4 nitrogen and oxygen atoms in total. The zero-order chi connectivity index (χ0) is 13.2. The van der Waals surface area contributed by atoms with Crippen LogP contribution in [-0.4, -0.2) is 31.2 Å². The quantitative estimate of drug-likeness (QED) is 0.887. The van der Waals surface area contributed by atoms with Crippen LogP contribution in [0.5, 0.6) is 0 Å². The Kier molecular flexibility index (Phi) is 3.06. The molecule has 0 radical (unpaired) electrons. The second-order valence-corrected chi connectivity index (χ2v) is 4.91. The van der Waals surface area contributed by atoms with Gasteiger partial charge in [-0.15, -0.1) is 0 Å². The van der Waals surface area contributed by atoms with Crippen molar-refractivity contribution in [2.45, 2.75) is 12.5 Å². The number of benzene rings is 1. The zero-order valence-electron chi connectivity index (χ0n) is 10.9. The van der Waals surface area contributed by atoms with Crippen molar-refractivity contribution in [2.24, 2.45) is 0 Å². The molecule has 0 amide bonds. The van der Waals surface area contributed by atoms with Gasteiger partial charge in [0.1, 0.15) is 5.82 Å². The fourth-order valence-corrected chi connectivity index (χ4v) is 2.59. The molecule has 0 saturated carbocycles. The van der Waals surface area contributed by atoms with Crippen LogP contribution in [0, 0.1) is 11.3 Å². The Morgan fingerprint density at radius 3 is 3.00 bits per heavy atom. The van der Waals surface area contributed by atoms with E-state index >= 15 is 0 Å². The third-order valence-corrected chi connectivity index (χ3v) is 3.77. The molecule has 4 heteroatoms. The number of nitrogens with zero attached hydrogens (tertiary/aromatic N) is 3. The monoisotopic (exact) mass is 252 g/mol. The fourth-order valence-electron chi connectivity index (χ4n) is 2.59. The highest BCUT2D eigenvalue weighted by Gasteiger charge is 2.21. The first kappa shape index (κ1) is 11.9. The molecule has 3 rings (SSSR count). The molecular formula is C15H16N4. The Hall–Kier alpha value is -2.12. The Morgan fingerprint density at radius 2 is 2.26 bits per heavy atom. The first-order chi connectivity index (χ1) is 9.29. The molecule has 2 heterocycles. The molecule has 1 aliphatic heterocycles. The topological polar surface area (TPSA) is 52.0 Å². The van der Waals surface area contributed by atoms with Gasteiger partial charge in [-0.3, -0.25) is 0 Å². The van der Waals surface area contributed by atoms with Crippen molar-refractivity contribution in [1.29, 1.82) is 5.26 Å². The summed E-state index contributed by atoms with van der Waals surface area (Å²) in [6, 6.07) is 12.4. The van der Waals surface area contributed by atoms with E-state index in [0.717, 1.165) is 36.2 Å². The SMILES string of the molecule is CN(c1cc(C#N)c2ccccc2n1)C1CCNC1. The van der Waals surface area contributed by atoms with E-state index in [1.807, 2.05) is 30.3 Å². The number of nitriles is 1. The number of fused-ring (bicyclic) bond motifs is 1. The Morgan fingerprint density at radius 1 is 1.42 bits per heavy atom. The van der Waals surface area contributed by atoms with Gasteiger partial charge in [0.05, 0.1) is 17.1 Å². The lowest BCUT2D eigenvalue weighted by atomic mass is 10.1. The van der Waals surface area contributed by atoms with Gasteiger partial charge in [-0.25, -0.2) is 4.98 Å². The van der Waals surface area contributed by atoms with Gasteiger partial charge in [-0.1, -0.05) is 18.2 Å². The van der Waals surface area contributed by atoms with Crippen molar-refractivity contribution in [1.82, 2.24) is 10.3 Å². The van der Waals surface area contributed by atoms with Gasteiger partial charge in [-0.2, -0.15) is 5.26 Å². The molecule has 1 aromatic heterocycles. The molecule has 1 atom stereocenters. The summed E-state index contributed by atoms with van der Waals surface area (Å²) in [4.78, 5) is 6.85. The third kappa shape index (κ3) is 2.13. The van der Waals surface area contributed by atoms with Crippen molar-refractivity contribution in [3.05, 3.63) is 35.9 Å². The lowest BCUT2D eigenvalue weighted by Crippen LogP contribution is -2.33. The number of hydrogen-bond acceptors (Lipinski definition) is 4. The highest BCUT2D eigenvalue weighted by molar-refractivity contribution is 5.86. The van der Waals surface area contributed by atoms with Crippen LogP contribution in [0.15, 0.2) is 30.3 Å². The lowest BCUT2D eigenvalue weighted by Gasteiger charge is -2.25. The Balaban J connectivity index is 2.07. The molecule has 1 unspecified atom stereocenters. The van der Waals surface area contributed by atoms with Gasteiger partial charge < -0.3 is 10.2 Å². The summed E-state index contributed by atoms with van der Waals surface area (Å²) in [5, 5.41) is 13.6. The van der Waals surface area contributed by atoms with Crippen molar-refractivity contribution < 1.29 is 0 Å². The number of aromatic nitrogens is 1. The standard InChI is InChI=1S/C15H16N4/c1-19(12-6-7-17-10-12)15-8-11(9-16)13-4-2-3-5-14(13)18-15/h2-5,8,12,17H,6-7,10H2,1H3. The second kappa shape index (κ2) is 4.87. The molecule has 1 aromatic carbocycles. The smallest absolute Gasteiger partial charge is 0.130 e. The molecule has 0 bridgehead atoms. The maximum absolute atomic E-state index is 9.30. The zero-order valence-corrected chi connectivity index (χ0v) is 10.9. The van der Waals surface area contributed by atoms with E-state index < -0.39 is 0 Å². The largest absolute Gasteiger partial charge is 0.355 e. The van der Waals surface area contributed by atoms with Gasteiger partial charge in [0.2, 0.25) is 0 Å². The highest BCUT2D eigenvalue weighted by Crippen LogP contribution is 2.23. The van der Waals surface area contributed by atoms with Crippen LogP contribution < -0.4 is 10.2 Å². The minimum atomic E-state index is 0.459. The van der Waals surface area contributed by atoms with Gasteiger partial charge in [0.25, 0.3) is 0 Å².